The third kappa shape index (κ3) is 22.8. The molecule has 0 amide bonds. The van der Waals surface area contributed by atoms with Crippen molar-refractivity contribution in [1.29, 1.82) is 0 Å². The first-order valence-electron chi connectivity index (χ1n) is 12.8. The second-order valence-corrected chi connectivity index (χ2v) is 25.4. The van der Waals surface area contributed by atoms with Gasteiger partial charge in [0, 0.05) is 0 Å². The van der Waals surface area contributed by atoms with Crippen molar-refractivity contribution in [2.24, 2.45) is 0 Å². The van der Waals surface area contributed by atoms with Gasteiger partial charge in [-0.05, 0) is 24.3 Å². The van der Waals surface area contributed by atoms with E-state index in [0.717, 1.165) is 0 Å². The fourth-order valence-corrected chi connectivity index (χ4v) is 12.3. The summed E-state index contributed by atoms with van der Waals surface area (Å²) in [5, 5.41) is 0. The fourth-order valence-electron chi connectivity index (χ4n) is 3.86. The second-order valence-electron chi connectivity index (χ2n) is 8.75. The first-order chi connectivity index (χ1) is 14.0. The fraction of sp³-hybridized carbons (Fsp3) is 1.00. The van der Waals surface area contributed by atoms with Gasteiger partial charge in [0.2, 0.25) is 0 Å². The van der Waals surface area contributed by atoms with E-state index in [9.17, 15) is 0 Å². The molecule has 0 aliphatic rings. The Morgan fingerprint density at radius 1 is 0.414 bits per heavy atom. The molecule has 0 unspecified atom stereocenters. The number of hydrogen-bond donors (Lipinski definition) is 3. The molecule has 0 aromatic rings. The molecule has 0 nitrogen and oxygen atoms in total. The summed E-state index contributed by atoms with van der Waals surface area (Å²) < 4.78 is -1.57. The van der Waals surface area contributed by atoms with Gasteiger partial charge in [0.05, 0.1) is 3.64 Å². The van der Waals surface area contributed by atoms with Crippen LogP contribution in [-0.4, -0.2) is 11.5 Å². The lowest BCUT2D eigenvalue weighted by Crippen LogP contribution is -2.02. The smallest absolute Gasteiger partial charge is 0.0620 e. The summed E-state index contributed by atoms with van der Waals surface area (Å²) in [5.41, 5.74) is 0. The summed E-state index contributed by atoms with van der Waals surface area (Å²) in [7, 11) is 0.337. The van der Waals surface area contributed by atoms with E-state index in [-0.39, 0.29) is 0 Å². The van der Waals surface area contributed by atoms with Crippen molar-refractivity contribution in [3.8, 4) is 0 Å². The second kappa shape index (κ2) is 23.0. The maximum Gasteiger partial charge on any atom is 0.0620 e. The molecule has 0 fully saturated rings. The van der Waals surface area contributed by atoms with Gasteiger partial charge in [0.1, 0.15) is 0 Å². The van der Waals surface area contributed by atoms with Crippen LogP contribution in [0.5, 0.6) is 0 Å². The molecular formula is C24H53PS4. The van der Waals surface area contributed by atoms with E-state index in [1.165, 1.54) is 140 Å². The third-order valence-corrected chi connectivity index (χ3v) is 17.4. The third-order valence-electron chi connectivity index (χ3n) is 5.81. The molecule has 5 heteroatoms. The van der Waals surface area contributed by atoms with Gasteiger partial charge in [0.25, 0.3) is 0 Å². The predicted octanol–water partition coefficient (Wildman–Crippen LogP) is 10.9. The highest BCUT2D eigenvalue weighted by Gasteiger charge is 2.08. The molecule has 0 bridgehead atoms. The van der Waals surface area contributed by atoms with Crippen molar-refractivity contribution >= 4 is 50.5 Å². The van der Waals surface area contributed by atoms with Gasteiger partial charge in [0.15, 0.2) is 0 Å². The Kier molecular flexibility index (Phi) is 24.5. The minimum atomic E-state index is -1.57. The molecule has 0 aliphatic carbocycles. The molecule has 0 spiro atoms. The first kappa shape index (κ1) is 30.8. The molecule has 0 heterocycles. The summed E-state index contributed by atoms with van der Waals surface area (Å²) in [4.78, 5) is 0. The van der Waals surface area contributed by atoms with Crippen LogP contribution in [-0.2, 0) is 10.1 Å². The zero-order valence-electron chi connectivity index (χ0n) is 19.8. The van der Waals surface area contributed by atoms with Gasteiger partial charge in [-0.15, -0.1) is 36.7 Å². The first-order valence-corrected chi connectivity index (χ1v) is 20.2. The average Bonchev–Trinajstić information content (AvgIpc) is 2.68. The van der Waals surface area contributed by atoms with E-state index < -0.39 is 3.64 Å². The zero-order chi connectivity index (χ0) is 21.6. The molecule has 0 saturated heterocycles. The van der Waals surface area contributed by atoms with Crippen LogP contribution in [0.3, 0.4) is 0 Å². The van der Waals surface area contributed by atoms with Gasteiger partial charge in [-0.2, -0.15) is 10.1 Å². The van der Waals surface area contributed by atoms with Crippen molar-refractivity contribution in [2.45, 2.75) is 142 Å². The van der Waals surface area contributed by atoms with E-state index in [2.05, 4.69) is 13.8 Å². The van der Waals surface area contributed by atoms with E-state index in [4.69, 9.17) is 36.7 Å². The number of hydrogen-bond acceptors (Lipinski definition) is 0. The van der Waals surface area contributed by atoms with Crippen molar-refractivity contribution in [2.75, 3.05) is 11.5 Å². The summed E-state index contributed by atoms with van der Waals surface area (Å²) in [6.45, 7) is 4.59. The van der Waals surface area contributed by atoms with Gasteiger partial charge in [-0.1, -0.05) is 129 Å². The number of unbranched alkanes of at least 4 members (excludes halogenated alkanes) is 18. The standard InChI is InChI=1S/C24H53PS4/c1-3-5-7-9-11-13-15-17-19-21-23-29(25(26,27)28)24-22-20-18-16-14-12-10-8-6-4-2/h26-28H,3-24H2,1-2H3. The zero-order valence-corrected chi connectivity index (χ0v) is 24.1. The van der Waals surface area contributed by atoms with Crippen LogP contribution in [0.2, 0.25) is 0 Å². The minimum absolute atomic E-state index is 0.337. The number of thiol groups is 3. The molecule has 178 valence electrons. The maximum atomic E-state index is 4.80. The lowest BCUT2D eigenvalue weighted by molar-refractivity contribution is 0.562. The minimum Gasteiger partial charge on any atom is -0.163 e. The molecule has 0 rings (SSSR count). The highest BCUT2D eigenvalue weighted by atomic mass is 33.5. The lowest BCUT2D eigenvalue weighted by atomic mass is 10.1. The molecule has 0 saturated carbocycles. The Bertz CT molecular complexity index is 358. The summed E-state index contributed by atoms with van der Waals surface area (Å²) in [6.07, 6.45) is 28.3. The Balaban J connectivity index is 3.67. The normalized spacial score (nSPS) is 12.2. The highest BCUT2D eigenvalue weighted by molar-refractivity contribution is 9.17. The van der Waals surface area contributed by atoms with Crippen molar-refractivity contribution in [1.82, 2.24) is 0 Å². The molecule has 0 atom stereocenters. The molecule has 0 radical (unpaired) electrons. The molecule has 0 aliphatic heterocycles. The van der Waals surface area contributed by atoms with Crippen LogP contribution in [0.25, 0.3) is 0 Å². The van der Waals surface area contributed by atoms with Crippen LogP contribution in [0.15, 0.2) is 0 Å². The quantitative estimate of drug-likeness (QED) is 0.0734. The van der Waals surface area contributed by atoms with Crippen LogP contribution in [0, 0.1) is 0 Å². The van der Waals surface area contributed by atoms with E-state index in [1.807, 2.05) is 0 Å². The summed E-state index contributed by atoms with van der Waals surface area (Å²) in [5.74, 6) is 2.64. The van der Waals surface area contributed by atoms with Crippen molar-refractivity contribution in [3.05, 3.63) is 0 Å². The largest absolute Gasteiger partial charge is 0.163 e. The van der Waals surface area contributed by atoms with Crippen LogP contribution >= 0.6 is 40.4 Å². The Morgan fingerprint density at radius 2 is 0.655 bits per heavy atom. The van der Waals surface area contributed by atoms with Crippen LogP contribution in [0.1, 0.15) is 142 Å². The molecule has 0 aromatic heterocycles. The lowest BCUT2D eigenvalue weighted by Gasteiger charge is -2.17. The van der Waals surface area contributed by atoms with E-state index >= 15 is 0 Å². The van der Waals surface area contributed by atoms with Gasteiger partial charge < -0.3 is 0 Å². The number of rotatable bonds is 22. The summed E-state index contributed by atoms with van der Waals surface area (Å²) >= 11 is 14.4. The van der Waals surface area contributed by atoms with Crippen molar-refractivity contribution in [3.63, 3.8) is 0 Å². The van der Waals surface area contributed by atoms with Crippen molar-refractivity contribution < 1.29 is 0 Å². The average molecular weight is 501 g/mol. The SMILES string of the molecule is CCCCCCCCCCCCS(CCCCCCCCCCCC)=P(S)(S)S. The van der Waals surface area contributed by atoms with Gasteiger partial charge in [-0.25, -0.2) is 0 Å². The molecule has 0 aromatic carbocycles. The van der Waals surface area contributed by atoms with E-state index in [1.54, 1.807) is 0 Å². The monoisotopic (exact) mass is 500 g/mol. The topological polar surface area (TPSA) is 0 Å². The Hall–Kier alpha value is 1.83. The highest BCUT2D eigenvalue weighted by Crippen LogP contribution is 2.65. The van der Waals surface area contributed by atoms with Gasteiger partial charge in [-0.3, -0.25) is 0 Å². The molecule has 0 N–H and O–H groups in total. The van der Waals surface area contributed by atoms with Crippen LogP contribution in [0.4, 0.5) is 0 Å². The Labute approximate surface area is 203 Å². The van der Waals surface area contributed by atoms with Crippen LogP contribution < -0.4 is 0 Å². The molecule has 29 heavy (non-hydrogen) atoms. The maximum absolute atomic E-state index is 4.80. The molecular weight excluding hydrogens is 448 g/mol. The predicted molar refractivity (Wildman–Crippen MR) is 155 cm³/mol. The Morgan fingerprint density at radius 3 is 0.897 bits per heavy atom. The van der Waals surface area contributed by atoms with E-state index in [0.29, 0.717) is 10.1 Å². The van der Waals surface area contributed by atoms with Gasteiger partial charge >= 0.3 is 0 Å². The summed E-state index contributed by atoms with van der Waals surface area (Å²) in [6, 6.07) is 0.